The van der Waals surface area contributed by atoms with Crippen molar-refractivity contribution in [2.24, 2.45) is 11.3 Å². The number of hydrogen-bond acceptors (Lipinski definition) is 7. The second-order valence-corrected chi connectivity index (χ2v) is 10.6. The zero-order valence-corrected chi connectivity index (χ0v) is 22.5. The van der Waals surface area contributed by atoms with E-state index in [4.69, 9.17) is 4.74 Å². The van der Waals surface area contributed by atoms with Crippen molar-refractivity contribution in [3.05, 3.63) is 29.8 Å². The van der Waals surface area contributed by atoms with Gasteiger partial charge in [-0.05, 0) is 37.0 Å². The van der Waals surface area contributed by atoms with Gasteiger partial charge in [-0.25, -0.2) is 10.3 Å². The van der Waals surface area contributed by atoms with E-state index in [-0.39, 0.29) is 0 Å². The standard InChI is InChI=1S/C25H37N5O7/c1-24(2,3)18(21(33)26-6)27-20(32)17(14-9-11-15(37-8)12-10-14)16(19(31)28-36)13-30-22(34)25(4,5)29(7)23(30)35/h9-12,16-18,36H,13H2,1-8H3,(H,26,33)(H,27,32)(H,28,31)/t16-,17+,18+/m0/s1. The lowest BCUT2D eigenvalue weighted by atomic mass is 9.81. The highest BCUT2D eigenvalue weighted by Crippen LogP contribution is 2.33. The Morgan fingerprint density at radius 2 is 1.62 bits per heavy atom. The van der Waals surface area contributed by atoms with Crippen molar-refractivity contribution < 1.29 is 33.9 Å². The number of amides is 6. The summed E-state index contributed by atoms with van der Waals surface area (Å²) >= 11 is 0. The fourth-order valence-electron chi connectivity index (χ4n) is 4.19. The zero-order valence-electron chi connectivity index (χ0n) is 22.5. The molecule has 1 aromatic rings. The van der Waals surface area contributed by atoms with Gasteiger partial charge >= 0.3 is 6.03 Å². The summed E-state index contributed by atoms with van der Waals surface area (Å²) in [5, 5.41) is 14.8. The highest BCUT2D eigenvalue weighted by atomic mass is 16.5. The molecule has 1 fully saturated rings. The van der Waals surface area contributed by atoms with Crippen molar-refractivity contribution in [1.29, 1.82) is 0 Å². The van der Waals surface area contributed by atoms with Gasteiger partial charge in [0.25, 0.3) is 5.91 Å². The number of carbonyl (C=O) groups excluding carboxylic acids is 5. The molecule has 1 aliphatic heterocycles. The zero-order chi connectivity index (χ0) is 28.3. The molecular weight excluding hydrogens is 482 g/mol. The molecule has 1 aliphatic rings. The normalized spacial score (nSPS) is 17.6. The number of imide groups is 1. The maximum Gasteiger partial charge on any atom is 0.327 e. The van der Waals surface area contributed by atoms with Gasteiger partial charge in [0.05, 0.1) is 18.9 Å². The number of rotatable bonds is 9. The van der Waals surface area contributed by atoms with E-state index < -0.39 is 65.0 Å². The van der Waals surface area contributed by atoms with Crippen LogP contribution in [0.1, 0.15) is 46.1 Å². The molecule has 2 rings (SSSR count). The van der Waals surface area contributed by atoms with Gasteiger partial charge in [0.1, 0.15) is 17.3 Å². The quantitative estimate of drug-likeness (QED) is 0.214. The Kier molecular flexibility index (Phi) is 8.91. The number of likely N-dealkylation sites (N-methyl/N-ethyl adjacent to an activating group) is 2. The third-order valence-electron chi connectivity index (χ3n) is 6.77. The minimum Gasteiger partial charge on any atom is -0.497 e. The van der Waals surface area contributed by atoms with Crippen LogP contribution in [0, 0.1) is 11.3 Å². The Labute approximate surface area is 216 Å². The second-order valence-electron chi connectivity index (χ2n) is 10.6. The van der Waals surface area contributed by atoms with E-state index >= 15 is 0 Å². The molecule has 1 saturated heterocycles. The largest absolute Gasteiger partial charge is 0.497 e. The van der Waals surface area contributed by atoms with Crippen molar-refractivity contribution in [3.8, 4) is 5.75 Å². The maximum atomic E-state index is 13.8. The number of nitrogens with zero attached hydrogens (tertiary/aromatic N) is 2. The Bertz CT molecular complexity index is 1050. The summed E-state index contributed by atoms with van der Waals surface area (Å²) in [4.78, 5) is 67.4. The molecular formula is C25H37N5O7. The lowest BCUT2D eigenvalue weighted by Gasteiger charge is -2.33. The number of benzene rings is 1. The smallest absolute Gasteiger partial charge is 0.327 e. The Balaban J connectivity index is 2.60. The molecule has 6 amide bonds. The van der Waals surface area contributed by atoms with Gasteiger partial charge in [0, 0.05) is 20.6 Å². The molecule has 0 saturated carbocycles. The molecule has 37 heavy (non-hydrogen) atoms. The molecule has 1 heterocycles. The van der Waals surface area contributed by atoms with E-state index in [9.17, 15) is 29.2 Å². The average molecular weight is 520 g/mol. The number of ether oxygens (including phenoxy) is 1. The summed E-state index contributed by atoms with van der Waals surface area (Å²) in [6.45, 7) is 7.97. The van der Waals surface area contributed by atoms with Gasteiger partial charge < -0.3 is 20.3 Å². The van der Waals surface area contributed by atoms with Crippen molar-refractivity contribution >= 4 is 29.7 Å². The summed E-state index contributed by atoms with van der Waals surface area (Å²) < 4.78 is 5.19. The Morgan fingerprint density at radius 3 is 2.03 bits per heavy atom. The number of carbonyl (C=O) groups is 5. The third kappa shape index (κ3) is 6.01. The van der Waals surface area contributed by atoms with E-state index in [0.717, 1.165) is 4.90 Å². The monoisotopic (exact) mass is 519 g/mol. The molecule has 0 radical (unpaired) electrons. The molecule has 0 spiro atoms. The van der Waals surface area contributed by atoms with Gasteiger partial charge in [-0.2, -0.15) is 0 Å². The fraction of sp³-hybridized carbons (Fsp3) is 0.560. The molecule has 0 aromatic heterocycles. The minimum absolute atomic E-state index is 0.350. The van der Waals surface area contributed by atoms with Crippen molar-refractivity contribution in [2.75, 3.05) is 27.7 Å². The molecule has 12 heteroatoms. The van der Waals surface area contributed by atoms with Crippen molar-refractivity contribution in [3.63, 3.8) is 0 Å². The van der Waals surface area contributed by atoms with E-state index in [2.05, 4.69) is 10.6 Å². The molecule has 204 valence electrons. The van der Waals surface area contributed by atoms with Crippen LogP contribution in [0.2, 0.25) is 0 Å². The predicted octanol–water partition coefficient (Wildman–Crippen LogP) is 0.850. The van der Waals surface area contributed by atoms with Crippen LogP contribution < -0.4 is 20.9 Å². The summed E-state index contributed by atoms with van der Waals surface area (Å²) in [7, 11) is 4.38. The van der Waals surface area contributed by atoms with E-state index in [0.29, 0.717) is 11.3 Å². The summed E-state index contributed by atoms with van der Waals surface area (Å²) in [6, 6.07) is 4.70. The second kappa shape index (κ2) is 11.2. The fourth-order valence-corrected chi connectivity index (χ4v) is 4.19. The van der Waals surface area contributed by atoms with Crippen molar-refractivity contribution in [2.45, 2.75) is 52.1 Å². The van der Waals surface area contributed by atoms with Crippen LogP contribution in [0.4, 0.5) is 4.79 Å². The van der Waals surface area contributed by atoms with Crippen LogP contribution in [-0.4, -0.2) is 84.0 Å². The number of hydrogen-bond donors (Lipinski definition) is 4. The number of nitrogens with one attached hydrogen (secondary N) is 3. The Morgan fingerprint density at radius 1 is 1.05 bits per heavy atom. The topological polar surface area (TPSA) is 157 Å². The third-order valence-corrected chi connectivity index (χ3v) is 6.77. The summed E-state index contributed by atoms with van der Waals surface area (Å²) in [5.74, 6) is -4.85. The first-order valence-corrected chi connectivity index (χ1v) is 11.8. The number of urea groups is 1. The van der Waals surface area contributed by atoms with Crippen molar-refractivity contribution in [1.82, 2.24) is 25.9 Å². The summed E-state index contributed by atoms with van der Waals surface area (Å²) in [6.07, 6.45) is 0. The minimum atomic E-state index is -1.39. The van der Waals surface area contributed by atoms with Gasteiger partial charge in [0.2, 0.25) is 17.7 Å². The van der Waals surface area contributed by atoms with Gasteiger partial charge in [-0.15, -0.1) is 0 Å². The molecule has 4 N–H and O–H groups in total. The Hall–Kier alpha value is -3.67. The molecule has 12 nitrogen and oxygen atoms in total. The maximum absolute atomic E-state index is 13.8. The van der Waals surface area contributed by atoms with Crippen LogP contribution in [0.5, 0.6) is 5.75 Å². The molecule has 3 atom stereocenters. The lowest BCUT2D eigenvalue weighted by molar-refractivity contribution is -0.141. The number of methoxy groups -OCH3 is 1. The lowest BCUT2D eigenvalue weighted by Crippen LogP contribution is -2.55. The molecule has 0 aliphatic carbocycles. The number of hydroxylamine groups is 1. The van der Waals surface area contributed by atoms with Gasteiger partial charge in [0.15, 0.2) is 0 Å². The molecule has 0 bridgehead atoms. The predicted molar refractivity (Wildman–Crippen MR) is 134 cm³/mol. The first-order chi connectivity index (χ1) is 17.1. The van der Waals surface area contributed by atoms with Crippen LogP contribution in [-0.2, 0) is 19.2 Å². The highest BCUT2D eigenvalue weighted by molar-refractivity contribution is 6.07. The molecule has 0 unspecified atom stereocenters. The van der Waals surface area contributed by atoms with Gasteiger partial charge in [-0.3, -0.25) is 29.3 Å². The van der Waals surface area contributed by atoms with E-state index in [1.807, 2.05) is 0 Å². The van der Waals surface area contributed by atoms with Gasteiger partial charge in [-0.1, -0.05) is 32.9 Å². The van der Waals surface area contributed by atoms with E-state index in [1.54, 1.807) is 64.4 Å². The van der Waals surface area contributed by atoms with Crippen LogP contribution in [0.3, 0.4) is 0 Å². The summed E-state index contributed by atoms with van der Waals surface area (Å²) in [5.41, 5.74) is 0.0573. The van der Waals surface area contributed by atoms with E-state index in [1.165, 1.54) is 26.1 Å². The van der Waals surface area contributed by atoms with Crippen LogP contribution in [0.15, 0.2) is 24.3 Å². The van der Waals surface area contributed by atoms with Crippen LogP contribution in [0.25, 0.3) is 0 Å². The SMILES string of the molecule is CNC(=O)[C@@H](NC(=O)[C@H](c1ccc(OC)cc1)[C@H](CN1C(=O)N(C)C(C)(C)C1=O)C(=O)NO)C(C)(C)C. The highest BCUT2D eigenvalue weighted by Gasteiger charge is 2.51. The average Bonchev–Trinajstić information content (AvgIpc) is 3.00. The first kappa shape index (κ1) is 29.6. The molecule has 1 aromatic carbocycles. The van der Waals surface area contributed by atoms with Crippen LogP contribution >= 0.6 is 0 Å². The first-order valence-electron chi connectivity index (χ1n) is 11.8.